The molecule has 0 amide bonds. The van der Waals surface area contributed by atoms with Gasteiger partial charge in [0.2, 0.25) is 0 Å². The zero-order valence-corrected chi connectivity index (χ0v) is 8.51. The van der Waals surface area contributed by atoms with Crippen molar-refractivity contribution in [3.63, 3.8) is 0 Å². The first-order chi connectivity index (χ1) is 1.41. The summed E-state index contributed by atoms with van der Waals surface area (Å²) in [5.41, 5.74) is 0. The Labute approximate surface area is 82.8 Å². The number of rotatable bonds is 0. The van der Waals surface area contributed by atoms with Gasteiger partial charge in [-0.1, -0.05) is 0 Å². The van der Waals surface area contributed by atoms with Crippen molar-refractivity contribution < 1.29 is 59.1 Å². The Morgan fingerprint density at radius 3 is 1.40 bits per heavy atom. The SMILES string of the molecule is [CH2-]B=S.[Na+].[Na+]. The van der Waals surface area contributed by atoms with Crippen molar-refractivity contribution in [2.75, 3.05) is 0 Å². The van der Waals surface area contributed by atoms with Crippen LogP contribution in [0.15, 0.2) is 0 Å². The molecule has 0 saturated carbocycles. The predicted octanol–water partition coefficient (Wildman–Crippen LogP) is -5.40. The predicted molar refractivity (Wildman–Crippen MR) is 18.7 cm³/mol. The van der Waals surface area contributed by atoms with Gasteiger partial charge in [0.05, 0.1) is 0 Å². The van der Waals surface area contributed by atoms with E-state index in [1.807, 2.05) is 0 Å². The second-order valence-electron chi connectivity index (χ2n) is 0.167. The average Bonchev–Trinajstić information content (AvgIpc) is 0.918. The van der Waals surface area contributed by atoms with Crippen LogP contribution in [0, 0.1) is 6.82 Å². The summed E-state index contributed by atoms with van der Waals surface area (Å²) >= 11 is 4.16. The summed E-state index contributed by atoms with van der Waals surface area (Å²) in [4.78, 5) is 0. The third-order valence-electron chi connectivity index (χ3n) is 0. The minimum absolute atomic E-state index is 0. The fraction of sp³-hybridized carbons (Fsp3) is 0. The van der Waals surface area contributed by atoms with E-state index in [4.69, 9.17) is 0 Å². The molecule has 0 bridgehead atoms. The molecular formula is CH2BNa2S+. The van der Waals surface area contributed by atoms with Crippen LogP contribution in [0.5, 0.6) is 0 Å². The van der Waals surface area contributed by atoms with E-state index in [-0.39, 0.29) is 59.1 Å². The van der Waals surface area contributed by atoms with E-state index in [9.17, 15) is 0 Å². The zero-order valence-electron chi connectivity index (χ0n) is 3.69. The third kappa shape index (κ3) is 22.9. The van der Waals surface area contributed by atoms with Gasteiger partial charge < -0.3 is 0 Å². The molecule has 0 radical (unpaired) electrons. The summed E-state index contributed by atoms with van der Waals surface area (Å²) in [6.45, 7) is 3.18. The van der Waals surface area contributed by atoms with E-state index >= 15 is 0 Å². The van der Waals surface area contributed by atoms with Crippen molar-refractivity contribution in [1.29, 1.82) is 0 Å². The minimum Gasteiger partial charge on any atom is 1.00 e. The molecule has 0 N–H and O–H groups in total. The Morgan fingerprint density at radius 2 is 1.40 bits per heavy atom. The maximum atomic E-state index is 4.16. The van der Waals surface area contributed by atoms with E-state index in [1.54, 1.807) is 0 Å². The topological polar surface area (TPSA) is 0 Å². The van der Waals surface area contributed by atoms with Gasteiger partial charge in [0.15, 0.2) is 0 Å². The minimum atomic E-state index is 0. The van der Waals surface area contributed by atoms with Crippen LogP contribution < -0.4 is 59.1 Å². The molecule has 0 aromatic rings. The quantitative estimate of drug-likeness (QED) is 0.218. The molecule has 16 valence electrons. The molecule has 0 aliphatic carbocycles. The van der Waals surface area contributed by atoms with Gasteiger partial charge in [-0.25, -0.2) is 0 Å². The maximum Gasteiger partial charge on any atom is 1.00 e. The molecule has 0 nitrogen and oxygen atoms in total. The van der Waals surface area contributed by atoms with Gasteiger partial charge in [-0.2, -0.15) is 0 Å². The van der Waals surface area contributed by atoms with Crippen LogP contribution in [-0.4, -0.2) is 6.15 Å². The molecule has 0 aromatic carbocycles. The first-order valence-electron chi connectivity index (χ1n) is 0.644. The van der Waals surface area contributed by atoms with E-state index in [2.05, 4.69) is 18.9 Å². The summed E-state index contributed by atoms with van der Waals surface area (Å²) in [5.74, 6) is 0. The number of hydrogen-bond donors (Lipinski definition) is 0. The Morgan fingerprint density at radius 1 is 1.40 bits per heavy atom. The van der Waals surface area contributed by atoms with Crippen LogP contribution in [0.3, 0.4) is 0 Å². The van der Waals surface area contributed by atoms with Crippen molar-refractivity contribution in [1.82, 2.24) is 0 Å². The Bertz CT molecular complexity index is 17.1. The second-order valence-corrected chi connectivity index (χ2v) is 0.500. The maximum absolute atomic E-state index is 4.16. The summed E-state index contributed by atoms with van der Waals surface area (Å²) in [5, 5.41) is 0. The molecule has 0 aliphatic heterocycles. The van der Waals surface area contributed by atoms with Crippen LogP contribution in [0.4, 0.5) is 0 Å². The fourth-order valence-electron chi connectivity index (χ4n) is 0. The monoisotopic (exact) mass is 103 g/mol. The second kappa shape index (κ2) is 16.4. The third-order valence-corrected chi connectivity index (χ3v) is 0. The summed E-state index contributed by atoms with van der Waals surface area (Å²) in [6, 6.07) is 0. The van der Waals surface area contributed by atoms with E-state index in [0.717, 1.165) is 0 Å². The fourth-order valence-corrected chi connectivity index (χ4v) is 0. The molecule has 0 atom stereocenters. The molecule has 0 saturated heterocycles. The molecule has 0 rings (SSSR count). The van der Waals surface area contributed by atoms with Crippen molar-refractivity contribution in [2.24, 2.45) is 0 Å². The van der Waals surface area contributed by atoms with Crippen molar-refractivity contribution >= 4 is 18.2 Å². The standard InChI is InChI=1S/CH2BS.2Na/c1-2-3;;/h1H2;;/q-1;2*+1. The van der Waals surface area contributed by atoms with Gasteiger partial charge in [-0.3, -0.25) is 0 Å². The molecule has 4 heteroatoms. The Hall–Kier alpha value is 2.15. The molecule has 0 spiro atoms. The van der Waals surface area contributed by atoms with E-state index in [1.165, 1.54) is 6.15 Å². The van der Waals surface area contributed by atoms with Crippen molar-refractivity contribution in [3.8, 4) is 0 Å². The van der Waals surface area contributed by atoms with Crippen molar-refractivity contribution in [2.45, 2.75) is 0 Å². The summed E-state index contributed by atoms with van der Waals surface area (Å²) < 4.78 is 0. The van der Waals surface area contributed by atoms with Crippen LogP contribution in [0.1, 0.15) is 0 Å². The van der Waals surface area contributed by atoms with Gasteiger partial charge in [-0.05, 0) is 0 Å². The molecule has 0 unspecified atom stereocenters. The molecular weight excluding hydrogens is 101 g/mol. The van der Waals surface area contributed by atoms with E-state index in [0.29, 0.717) is 0 Å². The largest absolute Gasteiger partial charge is 1.00 e. The van der Waals surface area contributed by atoms with Gasteiger partial charge in [0.25, 0.3) is 0 Å². The molecule has 0 aliphatic rings. The number of hydrogen-bond acceptors (Lipinski definition) is 1. The average molecular weight is 103 g/mol. The van der Waals surface area contributed by atoms with E-state index < -0.39 is 0 Å². The molecule has 5 heavy (non-hydrogen) atoms. The smallest absolute Gasteiger partial charge is 1.00 e. The van der Waals surface area contributed by atoms with Crippen LogP contribution in [-0.2, 0) is 0 Å². The van der Waals surface area contributed by atoms with Gasteiger partial charge >= 0.3 is 84.1 Å². The van der Waals surface area contributed by atoms with Crippen LogP contribution >= 0.6 is 12.1 Å². The van der Waals surface area contributed by atoms with Gasteiger partial charge in [-0.15, -0.1) is 0 Å². The molecule has 0 heterocycles. The molecule has 0 fully saturated rings. The van der Waals surface area contributed by atoms with Gasteiger partial charge in [0.1, 0.15) is 0 Å². The summed E-state index contributed by atoms with van der Waals surface area (Å²) in [7, 11) is 0. The van der Waals surface area contributed by atoms with Gasteiger partial charge in [0, 0.05) is 0 Å². The van der Waals surface area contributed by atoms with Crippen molar-refractivity contribution in [3.05, 3.63) is 6.82 Å². The summed E-state index contributed by atoms with van der Waals surface area (Å²) in [6.07, 6.45) is 1.33. The Kier molecular flexibility index (Phi) is 51.6. The molecule has 0 aromatic heterocycles. The zero-order chi connectivity index (χ0) is 2.71. The normalized spacial score (nSPS) is 1.60. The first-order valence-corrected chi connectivity index (χ1v) is 1.12. The Balaban J connectivity index is -0.0000000200. The van der Waals surface area contributed by atoms with Crippen LogP contribution in [0.25, 0.3) is 0 Å². The van der Waals surface area contributed by atoms with Crippen LogP contribution in [0.2, 0.25) is 0 Å². The first kappa shape index (κ1) is 15.7.